The fourth-order valence-electron chi connectivity index (χ4n) is 2.67. The van der Waals surface area contributed by atoms with Crippen LogP contribution in [-0.4, -0.2) is 50.6 Å². The second kappa shape index (κ2) is 10.7. The highest BCUT2D eigenvalue weighted by atomic mass is 79.9. The molecule has 2 aromatic carbocycles. The number of carbonyl (C=O) groups is 2. The highest BCUT2D eigenvalue weighted by Crippen LogP contribution is 2.27. The Bertz CT molecular complexity index is 819. The number of amides is 2. The molecule has 0 aliphatic heterocycles. The number of nitrogens with zero attached hydrogens (tertiary/aromatic N) is 1. The average molecular weight is 465 g/mol. The van der Waals surface area contributed by atoms with Gasteiger partial charge in [-0.05, 0) is 24.6 Å². The van der Waals surface area contributed by atoms with E-state index >= 15 is 0 Å². The molecule has 0 heterocycles. The van der Waals surface area contributed by atoms with E-state index in [1.165, 1.54) is 19.1 Å². The second-order valence-corrected chi connectivity index (χ2v) is 7.19. The standard InChI is InChI=1S/C21H25BrN2O5/c1-14(21(26)23-2)24(12-15-5-7-16(22)8-6-15)20(25)13-29-19-10-17(27-3)9-18(11-19)28-4/h5-11,14H,12-13H2,1-4H3,(H,23,26)/t14-/m0/s1. The van der Waals surface area contributed by atoms with E-state index in [0.717, 1.165) is 10.0 Å². The summed E-state index contributed by atoms with van der Waals surface area (Å²) in [7, 11) is 4.61. The van der Waals surface area contributed by atoms with E-state index in [1.807, 2.05) is 24.3 Å². The SMILES string of the molecule is CNC(=O)[C@H](C)N(Cc1ccc(Br)cc1)C(=O)COc1cc(OC)cc(OC)c1. The van der Waals surface area contributed by atoms with Crippen molar-refractivity contribution in [2.45, 2.75) is 19.5 Å². The summed E-state index contributed by atoms with van der Waals surface area (Å²) in [4.78, 5) is 26.6. The van der Waals surface area contributed by atoms with Crippen LogP contribution in [0.25, 0.3) is 0 Å². The minimum absolute atomic E-state index is 0.228. The number of halogens is 1. The molecule has 0 spiro atoms. The molecule has 0 bridgehead atoms. The zero-order valence-corrected chi connectivity index (χ0v) is 18.5. The van der Waals surface area contributed by atoms with Crippen LogP contribution in [0.15, 0.2) is 46.9 Å². The number of methoxy groups -OCH3 is 2. The summed E-state index contributed by atoms with van der Waals surface area (Å²) in [5.74, 6) is 0.976. The maximum absolute atomic E-state index is 12.9. The third kappa shape index (κ3) is 6.39. The number of hydrogen-bond acceptors (Lipinski definition) is 5. The van der Waals surface area contributed by atoms with Gasteiger partial charge in [-0.25, -0.2) is 0 Å². The van der Waals surface area contributed by atoms with Gasteiger partial charge in [0.25, 0.3) is 5.91 Å². The normalized spacial score (nSPS) is 11.3. The monoisotopic (exact) mass is 464 g/mol. The Kier molecular flexibility index (Phi) is 8.33. The van der Waals surface area contributed by atoms with Crippen molar-refractivity contribution in [1.29, 1.82) is 0 Å². The molecule has 2 aromatic rings. The third-order valence-corrected chi connectivity index (χ3v) is 4.90. The number of nitrogens with one attached hydrogen (secondary N) is 1. The van der Waals surface area contributed by atoms with Crippen LogP contribution in [0.5, 0.6) is 17.2 Å². The van der Waals surface area contributed by atoms with Gasteiger partial charge in [0.05, 0.1) is 14.2 Å². The van der Waals surface area contributed by atoms with Gasteiger partial charge in [-0.15, -0.1) is 0 Å². The number of hydrogen-bond donors (Lipinski definition) is 1. The summed E-state index contributed by atoms with van der Waals surface area (Å²) in [6, 6.07) is 12.0. The Hall–Kier alpha value is -2.74. The molecule has 0 aromatic heterocycles. The van der Waals surface area contributed by atoms with Gasteiger partial charge in [0.2, 0.25) is 5.91 Å². The molecule has 0 saturated heterocycles. The zero-order chi connectivity index (χ0) is 21.4. The first-order chi connectivity index (χ1) is 13.9. The molecule has 0 radical (unpaired) electrons. The lowest BCUT2D eigenvalue weighted by Gasteiger charge is -2.28. The minimum atomic E-state index is -0.653. The van der Waals surface area contributed by atoms with Crippen LogP contribution >= 0.6 is 15.9 Å². The Labute approximate surface area is 179 Å². The fourth-order valence-corrected chi connectivity index (χ4v) is 2.94. The average Bonchev–Trinajstić information content (AvgIpc) is 2.75. The minimum Gasteiger partial charge on any atom is -0.496 e. The van der Waals surface area contributed by atoms with Crippen molar-refractivity contribution >= 4 is 27.7 Å². The number of carbonyl (C=O) groups excluding carboxylic acids is 2. The van der Waals surface area contributed by atoms with Gasteiger partial charge in [0.1, 0.15) is 23.3 Å². The molecule has 0 aliphatic rings. The molecular weight excluding hydrogens is 440 g/mol. The lowest BCUT2D eigenvalue weighted by atomic mass is 10.1. The van der Waals surface area contributed by atoms with Gasteiger partial charge in [-0.2, -0.15) is 0 Å². The number of likely N-dealkylation sites (N-methyl/N-ethyl adjacent to an activating group) is 1. The second-order valence-electron chi connectivity index (χ2n) is 6.28. The van der Waals surface area contributed by atoms with Gasteiger partial charge >= 0.3 is 0 Å². The van der Waals surface area contributed by atoms with Gasteiger partial charge in [0.15, 0.2) is 6.61 Å². The van der Waals surface area contributed by atoms with Gasteiger partial charge < -0.3 is 24.4 Å². The van der Waals surface area contributed by atoms with Gasteiger partial charge in [-0.1, -0.05) is 28.1 Å². The maximum atomic E-state index is 12.9. The van der Waals surface area contributed by atoms with E-state index in [0.29, 0.717) is 17.2 Å². The molecule has 29 heavy (non-hydrogen) atoms. The summed E-state index contributed by atoms with van der Waals surface area (Å²) >= 11 is 3.39. The quantitative estimate of drug-likeness (QED) is 0.616. The van der Waals surface area contributed by atoms with Crippen molar-refractivity contribution in [2.24, 2.45) is 0 Å². The molecule has 1 N–H and O–H groups in total. The van der Waals surface area contributed by atoms with Crippen molar-refractivity contribution in [2.75, 3.05) is 27.9 Å². The Balaban J connectivity index is 2.16. The van der Waals surface area contributed by atoms with E-state index in [9.17, 15) is 9.59 Å². The molecule has 156 valence electrons. The van der Waals surface area contributed by atoms with E-state index < -0.39 is 6.04 Å². The van der Waals surface area contributed by atoms with Crippen molar-refractivity contribution < 1.29 is 23.8 Å². The number of benzene rings is 2. The Morgan fingerprint density at radius 1 is 1.03 bits per heavy atom. The Morgan fingerprint density at radius 3 is 2.10 bits per heavy atom. The predicted molar refractivity (Wildman–Crippen MR) is 113 cm³/mol. The maximum Gasteiger partial charge on any atom is 0.261 e. The largest absolute Gasteiger partial charge is 0.496 e. The predicted octanol–water partition coefficient (Wildman–Crippen LogP) is 3.01. The smallest absolute Gasteiger partial charge is 0.261 e. The molecular formula is C21H25BrN2O5. The Morgan fingerprint density at radius 2 is 1.59 bits per heavy atom. The highest BCUT2D eigenvalue weighted by Gasteiger charge is 2.26. The summed E-state index contributed by atoms with van der Waals surface area (Å²) in [6.07, 6.45) is 0. The number of ether oxygens (including phenoxy) is 3. The van der Waals surface area contributed by atoms with E-state index in [2.05, 4.69) is 21.2 Å². The summed E-state index contributed by atoms with van der Waals surface area (Å²) < 4.78 is 17.0. The molecule has 8 heteroatoms. The van der Waals surface area contributed by atoms with Crippen LogP contribution in [-0.2, 0) is 16.1 Å². The summed E-state index contributed by atoms with van der Waals surface area (Å²) in [5.41, 5.74) is 0.903. The molecule has 0 saturated carbocycles. The molecule has 2 rings (SSSR count). The van der Waals surface area contributed by atoms with Crippen LogP contribution in [0.2, 0.25) is 0 Å². The summed E-state index contributed by atoms with van der Waals surface area (Å²) in [6.45, 7) is 1.74. The first-order valence-electron chi connectivity index (χ1n) is 8.99. The zero-order valence-electron chi connectivity index (χ0n) is 16.9. The van der Waals surface area contributed by atoms with E-state index in [1.54, 1.807) is 32.2 Å². The third-order valence-electron chi connectivity index (χ3n) is 4.37. The van der Waals surface area contributed by atoms with Crippen molar-refractivity contribution in [1.82, 2.24) is 10.2 Å². The van der Waals surface area contributed by atoms with Crippen LogP contribution in [0.3, 0.4) is 0 Å². The van der Waals surface area contributed by atoms with Crippen LogP contribution in [0.1, 0.15) is 12.5 Å². The molecule has 0 unspecified atom stereocenters. The molecule has 0 aliphatic carbocycles. The number of rotatable bonds is 9. The summed E-state index contributed by atoms with van der Waals surface area (Å²) in [5, 5.41) is 2.58. The topological polar surface area (TPSA) is 77.1 Å². The van der Waals surface area contributed by atoms with E-state index in [-0.39, 0.29) is 25.0 Å². The first kappa shape index (κ1) is 22.5. The fraction of sp³-hybridized carbons (Fsp3) is 0.333. The molecule has 2 amide bonds. The van der Waals surface area contributed by atoms with E-state index in [4.69, 9.17) is 14.2 Å². The molecule has 1 atom stereocenters. The lowest BCUT2D eigenvalue weighted by Crippen LogP contribution is -2.48. The lowest BCUT2D eigenvalue weighted by molar-refractivity contribution is -0.142. The van der Waals surface area contributed by atoms with Crippen molar-refractivity contribution in [3.63, 3.8) is 0 Å². The van der Waals surface area contributed by atoms with Crippen molar-refractivity contribution in [3.8, 4) is 17.2 Å². The van der Waals surface area contributed by atoms with Gasteiger partial charge in [0, 0.05) is 36.3 Å². The van der Waals surface area contributed by atoms with Crippen LogP contribution in [0.4, 0.5) is 0 Å². The molecule has 7 nitrogen and oxygen atoms in total. The molecule has 0 fully saturated rings. The van der Waals surface area contributed by atoms with Gasteiger partial charge in [-0.3, -0.25) is 9.59 Å². The first-order valence-corrected chi connectivity index (χ1v) is 9.78. The van der Waals surface area contributed by atoms with Crippen molar-refractivity contribution in [3.05, 3.63) is 52.5 Å². The van der Waals surface area contributed by atoms with Crippen LogP contribution in [0, 0.1) is 0 Å². The van der Waals surface area contributed by atoms with Crippen LogP contribution < -0.4 is 19.5 Å². The highest BCUT2D eigenvalue weighted by molar-refractivity contribution is 9.10.